The second-order valence-electron chi connectivity index (χ2n) is 2.88. The van der Waals surface area contributed by atoms with Crippen LogP contribution in [-0.4, -0.2) is 4.98 Å². The van der Waals surface area contributed by atoms with Crippen LogP contribution in [0.1, 0.15) is 18.9 Å². The molecule has 2 nitrogen and oxygen atoms in total. The van der Waals surface area contributed by atoms with Crippen LogP contribution in [0.15, 0.2) is 29.6 Å². The molecule has 1 aromatic heterocycles. The number of benzene rings is 1. The van der Waals surface area contributed by atoms with Crippen molar-refractivity contribution < 1.29 is 0 Å². The molecule has 0 amide bonds. The summed E-state index contributed by atoms with van der Waals surface area (Å²) in [6.07, 6.45) is 0. The molecule has 2 aromatic rings. The molecule has 3 heteroatoms. The van der Waals surface area contributed by atoms with Crippen LogP contribution in [0.5, 0.6) is 0 Å². The fraction of sp³-hybridized carbons (Fsp3) is 0.250. The van der Waals surface area contributed by atoms with Crippen LogP contribution in [0.25, 0.3) is 11.3 Å². The van der Waals surface area contributed by atoms with Gasteiger partial charge >= 0.3 is 0 Å². The van der Waals surface area contributed by atoms with E-state index in [0.717, 1.165) is 22.0 Å². The molecule has 0 atom stereocenters. The van der Waals surface area contributed by atoms with E-state index in [9.17, 15) is 0 Å². The van der Waals surface area contributed by atoms with Gasteiger partial charge in [0, 0.05) is 16.6 Å². The Hall–Kier alpha value is -1.35. The van der Waals surface area contributed by atoms with Crippen LogP contribution in [-0.2, 0) is 0 Å². The Kier molecular flexibility index (Phi) is 4.31. The summed E-state index contributed by atoms with van der Waals surface area (Å²) in [4.78, 5) is 4.38. The summed E-state index contributed by atoms with van der Waals surface area (Å²) >= 11 is 1.65. The number of anilines is 1. The fourth-order valence-corrected chi connectivity index (χ4v) is 1.82. The standard InChI is InChI=1S/C10H10N2S.C2H6/c1-7-12-10(6-13-7)8-3-2-4-9(11)5-8;1-2/h2-6H,11H2,1H3;1-2H3. The van der Waals surface area contributed by atoms with Gasteiger partial charge in [0.25, 0.3) is 0 Å². The molecule has 0 spiro atoms. The summed E-state index contributed by atoms with van der Waals surface area (Å²) in [5, 5.41) is 3.13. The van der Waals surface area contributed by atoms with E-state index in [1.165, 1.54) is 0 Å². The minimum atomic E-state index is 0.781. The third-order valence-electron chi connectivity index (χ3n) is 1.80. The first kappa shape index (κ1) is 11.7. The number of aryl methyl sites for hydroxylation is 1. The van der Waals surface area contributed by atoms with Gasteiger partial charge in [0.1, 0.15) is 0 Å². The normalized spacial score (nSPS) is 9.27. The van der Waals surface area contributed by atoms with E-state index in [-0.39, 0.29) is 0 Å². The summed E-state index contributed by atoms with van der Waals surface area (Å²) in [7, 11) is 0. The van der Waals surface area contributed by atoms with Crippen LogP contribution in [0.3, 0.4) is 0 Å². The topological polar surface area (TPSA) is 38.9 Å². The lowest BCUT2D eigenvalue weighted by atomic mass is 10.1. The number of nitrogens with zero attached hydrogens (tertiary/aromatic N) is 1. The highest BCUT2D eigenvalue weighted by molar-refractivity contribution is 7.09. The van der Waals surface area contributed by atoms with Gasteiger partial charge in [-0.05, 0) is 19.1 Å². The molecular formula is C12H16N2S. The zero-order chi connectivity index (χ0) is 11.3. The van der Waals surface area contributed by atoms with Crippen LogP contribution in [0, 0.1) is 6.92 Å². The molecule has 0 saturated heterocycles. The largest absolute Gasteiger partial charge is 0.399 e. The maximum Gasteiger partial charge on any atom is 0.0901 e. The summed E-state index contributed by atoms with van der Waals surface area (Å²) in [5.41, 5.74) is 8.56. The van der Waals surface area contributed by atoms with E-state index in [4.69, 9.17) is 5.73 Å². The Morgan fingerprint density at radius 2 is 2.00 bits per heavy atom. The minimum absolute atomic E-state index is 0.781. The number of nitrogen functional groups attached to an aromatic ring is 1. The molecule has 80 valence electrons. The van der Waals surface area contributed by atoms with Crippen molar-refractivity contribution in [3.8, 4) is 11.3 Å². The number of hydrogen-bond acceptors (Lipinski definition) is 3. The molecule has 0 aliphatic carbocycles. The third kappa shape index (κ3) is 3.06. The SMILES string of the molecule is CC.Cc1nc(-c2cccc(N)c2)cs1. The molecule has 0 bridgehead atoms. The van der Waals surface area contributed by atoms with Crippen LogP contribution >= 0.6 is 11.3 Å². The van der Waals surface area contributed by atoms with Crippen LogP contribution in [0.2, 0.25) is 0 Å². The van der Waals surface area contributed by atoms with E-state index in [2.05, 4.69) is 4.98 Å². The molecular weight excluding hydrogens is 204 g/mol. The van der Waals surface area contributed by atoms with Crippen molar-refractivity contribution in [2.75, 3.05) is 5.73 Å². The minimum Gasteiger partial charge on any atom is -0.399 e. The molecule has 0 saturated carbocycles. The number of rotatable bonds is 1. The van der Waals surface area contributed by atoms with Gasteiger partial charge in [-0.1, -0.05) is 26.0 Å². The van der Waals surface area contributed by atoms with Gasteiger partial charge in [0.15, 0.2) is 0 Å². The zero-order valence-corrected chi connectivity index (χ0v) is 10.1. The molecule has 0 aliphatic rings. The predicted molar refractivity (Wildman–Crippen MR) is 68.0 cm³/mol. The Morgan fingerprint density at radius 3 is 2.53 bits per heavy atom. The number of thiazole rings is 1. The first-order valence-corrected chi connectivity index (χ1v) is 5.92. The van der Waals surface area contributed by atoms with Crippen molar-refractivity contribution in [1.29, 1.82) is 0 Å². The second-order valence-corrected chi connectivity index (χ2v) is 3.94. The van der Waals surface area contributed by atoms with Crippen molar-refractivity contribution in [2.45, 2.75) is 20.8 Å². The van der Waals surface area contributed by atoms with Crippen molar-refractivity contribution >= 4 is 17.0 Å². The molecule has 0 unspecified atom stereocenters. The monoisotopic (exact) mass is 220 g/mol. The Bertz CT molecular complexity index is 421. The van der Waals surface area contributed by atoms with E-state index >= 15 is 0 Å². The summed E-state index contributed by atoms with van der Waals surface area (Å²) in [6, 6.07) is 7.78. The fourth-order valence-electron chi connectivity index (χ4n) is 1.19. The summed E-state index contributed by atoms with van der Waals surface area (Å²) < 4.78 is 0. The molecule has 1 aromatic carbocycles. The molecule has 2 N–H and O–H groups in total. The Morgan fingerprint density at radius 1 is 1.27 bits per heavy atom. The van der Waals surface area contributed by atoms with Crippen LogP contribution < -0.4 is 5.73 Å². The first-order chi connectivity index (χ1) is 7.25. The van der Waals surface area contributed by atoms with Crippen LogP contribution in [0.4, 0.5) is 5.69 Å². The van der Waals surface area contributed by atoms with E-state index < -0.39 is 0 Å². The van der Waals surface area contributed by atoms with Crippen molar-refractivity contribution in [2.24, 2.45) is 0 Å². The lowest BCUT2D eigenvalue weighted by molar-refractivity contribution is 1.30. The van der Waals surface area contributed by atoms with Crippen molar-refractivity contribution in [1.82, 2.24) is 4.98 Å². The number of aromatic nitrogens is 1. The van der Waals surface area contributed by atoms with E-state index in [0.29, 0.717) is 0 Å². The quantitative estimate of drug-likeness (QED) is 0.744. The Balaban J connectivity index is 0.000000531. The van der Waals surface area contributed by atoms with Gasteiger partial charge in [-0.15, -0.1) is 11.3 Å². The van der Waals surface area contributed by atoms with E-state index in [1.807, 2.05) is 50.4 Å². The zero-order valence-electron chi connectivity index (χ0n) is 9.32. The van der Waals surface area contributed by atoms with Gasteiger partial charge in [-0.3, -0.25) is 0 Å². The third-order valence-corrected chi connectivity index (χ3v) is 2.57. The molecule has 0 aliphatic heterocycles. The average molecular weight is 220 g/mol. The molecule has 0 radical (unpaired) electrons. The molecule has 15 heavy (non-hydrogen) atoms. The van der Waals surface area contributed by atoms with Gasteiger partial charge in [-0.25, -0.2) is 4.98 Å². The Labute approximate surface area is 94.8 Å². The average Bonchev–Trinajstić information content (AvgIpc) is 2.68. The van der Waals surface area contributed by atoms with Crippen molar-refractivity contribution in [3.05, 3.63) is 34.7 Å². The smallest absolute Gasteiger partial charge is 0.0901 e. The second kappa shape index (κ2) is 5.51. The molecule has 2 rings (SSSR count). The van der Waals surface area contributed by atoms with Gasteiger partial charge < -0.3 is 5.73 Å². The lowest BCUT2D eigenvalue weighted by Gasteiger charge is -1.97. The number of hydrogen-bond donors (Lipinski definition) is 1. The highest BCUT2D eigenvalue weighted by Gasteiger charge is 2.00. The van der Waals surface area contributed by atoms with Gasteiger partial charge in [0.05, 0.1) is 10.7 Å². The maximum absolute atomic E-state index is 5.68. The number of nitrogens with two attached hydrogens (primary N) is 1. The summed E-state index contributed by atoms with van der Waals surface area (Å²) in [5.74, 6) is 0. The van der Waals surface area contributed by atoms with E-state index in [1.54, 1.807) is 11.3 Å². The summed E-state index contributed by atoms with van der Waals surface area (Å²) in [6.45, 7) is 6.00. The lowest BCUT2D eigenvalue weighted by Crippen LogP contribution is -1.85. The molecule has 0 fully saturated rings. The first-order valence-electron chi connectivity index (χ1n) is 5.04. The van der Waals surface area contributed by atoms with Crippen molar-refractivity contribution in [3.63, 3.8) is 0 Å². The maximum atomic E-state index is 5.68. The predicted octanol–water partition coefficient (Wildman–Crippen LogP) is 3.73. The highest BCUT2D eigenvalue weighted by Crippen LogP contribution is 2.22. The molecule has 1 heterocycles. The van der Waals surface area contributed by atoms with Gasteiger partial charge in [0.2, 0.25) is 0 Å². The highest BCUT2D eigenvalue weighted by atomic mass is 32.1. The van der Waals surface area contributed by atoms with Gasteiger partial charge in [-0.2, -0.15) is 0 Å².